The van der Waals surface area contributed by atoms with Gasteiger partial charge in [0, 0.05) is 72.9 Å². The van der Waals surface area contributed by atoms with Crippen molar-refractivity contribution in [1.29, 1.82) is 5.26 Å². The van der Waals surface area contributed by atoms with E-state index in [1.165, 1.54) is 43.0 Å². The molecular weight excluding hydrogens is 831 g/mol. The van der Waals surface area contributed by atoms with Crippen molar-refractivity contribution in [2.45, 2.75) is 44.3 Å². The number of alkyl halides is 3. The molecule has 3 aliphatic rings. The molecule has 13 nitrogen and oxygen atoms in total. The largest absolute Gasteiger partial charge is 0.489 e. The van der Waals surface area contributed by atoms with E-state index in [-0.39, 0.29) is 59.5 Å². The molecule has 0 spiro atoms. The molecule has 8 rings (SSSR count). The average Bonchev–Trinajstić information content (AvgIpc) is 3.73. The van der Waals surface area contributed by atoms with Crippen molar-refractivity contribution < 1.29 is 45.9 Å². The first-order valence-electron chi connectivity index (χ1n) is 19.8. The summed E-state index contributed by atoms with van der Waals surface area (Å²) >= 11 is 5.56. The van der Waals surface area contributed by atoms with E-state index in [4.69, 9.17) is 21.4 Å². The molecule has 3 aliphatic heterocycles. The second-order valence-corrected chi connectivity index (χ2v) is 16.2. The van der Waals surface area contributed by atoms with Crippen molar-refractivity contribution in [2.24, 2.45) is 0 Å². The third-order valence-electron chi connectivity index (χ3n) is 11.5. The van der Waals surface area contributed by atoms with Crippen LogP contribution in [0.15, 0.2) is 77.4 Å². The van der Waals surface area contributed by atoms with Gasteiger partial charge in [-0.3, -0.25) is 39.2 Å². The van der Waals surface area contributed by atoms with Crippen LogP contribution in [0, 0.1) is 17.1 Å². The Morgan fingerprint density at radius 3 is 2.45 bits per heavy atom. The van der Waals surface area contributed by atoms with Crippen LogP contribution in [0.3, 0.4) is 0 Å². The van der Waals surface area contributed by atoms with Crippen molar-refractivity contribution in [1.82, 2.24) is 15.1 Å². The van der Waals surface area contributed by atoms with Gasteiger partial charge in [-0.15, -0.1) is 0 Å². The maximum atomic E-state index is 15.5. The van der Waals surface area contributed by atoms with Gasteiger partial charge in [-0.2, -0.15) is 18.4 Å². The number of carbonyl (C=O) groups excluding carboxylic acids is 4. The predicted molar refractivity (Wildman–Crippen MR) is 225 cm³/mol. The van der Waals surface area contributed by atoms with E-state index in [9.17, 15) is 37.6 Å². The molecule has 5 aromatic rings. The van der Waals surface area contributed by atoms with E-state index in [2.05, 4.69) is 15.5 Å². The number of benzene rings is 4. The highest BCUT2D eigenvalue weighted by Gasteiger charge is 2.51. The molecule has 62 heavy (non-hydrogen) atoms. The fourth-order valence-electron chi connectivity index (χ4n) is 8.33. The first-order chi connectivity index (χ1) is 29.5. The molecule has 4 aromatic carbocycles. The van der Waals surface area contributed by atoms with Crippen molar-refractivity contribution in [2.75, 3.05) is 61.0 Å². The molecule has 1 unspecified atom stereocenters. The number of piperazine rings is 1. The number of ether oxygens (including phenoxy) is 1. The molecule has 1 atom stereocenters. The highest BCUT2D eigenvalue weighted by Crippen LogP contribution is 2.41. The normalized spacial score (nSPS) is 18.7. The number of fused-ring (bicyclic) bond motifs is 3. The predicted octanol–water partition coefficient (Wildman–Crippen LogP) is 6.69. The fraction of sp³-hybridized carbons (Fsp3) is 0.318. The Labute approximate surface area is 357 Å². The molecule has 0 bridgehead atoms. The zero-order valence-electron chi connectivity index (χ0n) is 33.5. The van der Waals surface area contributed by atoms with Gasteiger partial charge < -0.3 is 19.4 Å². The SMILES string of the molecule is CC1(C)C(=O)N(c2ccc(C#N)c(C(F)(F)F)c2)C(=S)N1c1ccc(OCCN2CCN(CC(=O)Nc3cccc4c3ccc3occ(C5CCC(=O)NC5=O)c34)CC2)c(F)c1. The van der Waals surface area contributed by atoms with E-state index in [0.29, 0.717) is 62.0 Å². The van der Waals surface area contributed by atoms with Crippen LogP contribution in [0.25, 0.3) is 21.7 Å². The number of amides is 4. The number of rotatable bonds is 10. The minimum Gasteiger partial charge on any atom is -0.489 e. The lowest BCUT2D eigenvalue weighted by Crippen LogP contribution is -2.49. The minimum absolute atomic E-state index is 0.0359. The summed E-state index contributed by atoms with van der Waals surface area (Å²) in [4.78, 5) is 57.8. The van der Waals surface area contributed by atoms with Crippen LogP contribution >= 0.6 is 12.2 Å². The van der Waals surface area contributed by atoms with Gasteiger partial charge in [-0.1, -0.05) is 12.1 Å². The van der Waals surface area contributed by atoms with Crippen molar-refractivity contribution >= 4 is 79.8 Å². The quantitative estimate of drug-likeness (QED) is 0.0879. The Morgan fingerprint density at radius 1 is 1.00 bits per heavy atom. The van der Waals surface area contributed by atoms with Gasteiger partial charge in [0.1, 0.15) is 17.7 Å². The highest BCUT2D eigenvalue weighted by atomic mass is 32.1. The molecule has 2 N–H and O–H groups in total. The number of nitrogens with one attached hydrogen (secondary N) is 2. The number of furan rings is 1. The number of piperidine rings is 1. The zero-order valence-corrected chi connectivity index (χ0v) is 34.3. The second-order valence-electron chi connectivity index (χ2n) is 15.8. The number of hydrogen-bond donors (Lipinski definition) is 2. The Morgan fingerprint density at radius 2 is 1.74 bits per heavy atom. The van der Waals surface area contributed by atoms with Crippen molar-refractivity contribution in [3.05, 3.63) is 95.5 Å². The molecule has 4 heterocycles. The topological polar surface area (TPSA) is 151 Å². The minimum atomic E-state index is -4.85. The number of halogens is 4. The van der Waals surface area contributed by atoms with E-state index in [0.717, 1.165) is 33.2 Å². The van der Waals surface area contributed by atoms with Gasteiger partial charge in [-0.25, -0.2) is 4.39 Å². The highest BCUT2D eigenvalue weighted by molar-refractivity contribution is 7.81. The molecule has 0 aliphatic carbocycles. The third-order valence-corrected chi connectivity index (χ3v) is 11.9. The van der Waals surface area contributed by atoms with Crippen LogP contribution in [-0.4, -0.2) is 90.0 Å². The van der Waals surface area contributed by atoms with Gasteiger partial charge in [0.15, 0.2) is 16.7 Å². The van der Waals surface area contributed by atoms with Crippen LogP contribution in [0.4, 0.5) is 34.6 Å². The van der Waals surface area contributed by atoms with Gasteiger partial charge >= 0.3 is 6.18 Å². The molecule has 3 fully saturated rings. The lowest BCUT2D eigenvalue weighted by Gasteiger charge is -2.34. The monoisotopic (exact) mass is 869 g/mol. The Hall–Kier alpha value is -6.42. The molecule has 1 aromatic heterocycles. The van der Waals surface area contributed by atoms with Gasteiger partial charge in [-0.05, 0) is 86.4 Å². The first-order valence-corrected chi connectivity index (χ1v) is 20.2. The number of nitriles is 1. The molecule has 0 saturated carbocycles. The first kappa shape index (κ1) is 42.3. The summed E-state index contributed by atoms with van der Waals surface area (Å²) in [6.45, 7) is 6.36. The van der Waals surface area contributed by atoms with Crippen molar-refractivity contribution in [3.63, 3.8) is 0 Å². The number of anilines is 3. The standard InChI is InChI=1S/C44H39F4N7O6S/c1-43(2)41(59)54(26-7-6-25(22-49)32(20-26)44(46,47)48)42(62)55(43)27-8-11-35(33(45)21-27)60-19-18-52-14-16-53(17-15-52)23-38(57)50-34-5-3-4-29-28(34)9-12-36-39(29)31(24-61-36)30-10-13-37(56)51-40(30)58/h3-9,11-12,20-21,24,30H,10,13-19,23H2,1-2H3,(H,50,57)(H,51,56,58). The summed E-state index contributed by atoms with van der Waals surface area (Å²) in [5.74, 6) is -2.77. The van der Waals surface area contributed by atoms with E-state index >= 15 is 4.39 Å². The maximum Gasteiger partial charge on any atom is 0.417 e. The number of thiocarbonyl (C=S) groups is 1. The molecule has 3 saturated heterocycles. The Bertz CT molecular complexity index is 2710. The Kier molecular flexibility index (Phi) is 11.2. The number of nitrogens with zero attached hydrogens (tertiary/aromatic N) is 5. The van der Waals surface area contributed by atoms with Crippen LogP contribution in [0.2, 0.25) is 0 Å². The van der Waals surface area contributed by atoms with Crippen LogP contribution in [0.1, 0.15) is 49.3 Å². The average molecular weight is 870 g/mol. The zero-order chi connectivity index (χ0) is 44.1. The maximum absolute atomic E-state index is 15.5. The molecular formula is C44H39F4N7O6S. The van der Waals surface area contributed by atoms with E-state index < -0.39 is 40.5 Å². The van der Waals surface area contributed by atoms with Crippen LogP contribution in [0.5, 0.6) is 5.75 Å². The molecule has 18 heteroatoms. The Balaban J connectivity index is 0.843. The lowest BCUT2D eigenvalue weighted by atomic mass is 9.88. The molecule has 0 radical (unpaired) electrons. The van der Waals surface area contributed by atoms with Crippen LogP contribution < -0.4 is 25.2 Å². The smallest absolute Gasteiger partial charge is 0.417 e. The van der Waals surface area contributed by atoms with E-state index in [1.54, 1.807) is 12.3 Å². The van der Waals surface area contributed by atoms with Crippen LogP contribution in [-0.2, 0) is 25.4 Å². The summed E-state index contributed by atoms with van der Waals surface area (Å²) in [6.07, 6.45) is -2.66. The second kappa shape index (κ2) is 16.5. The summed E-state index contributed by atoms with van der Waals surface area (Å²) in [7, 11) is 0. The molecule has 320 valence electrons. The summed E-state index contributed by atoms with van der Waals surface area (Å²) in [5, 5.41) is 16.9. The van der Waals surface area contributed by atoms with E-state index in [1.807, 2.05) is 29.2 Å². The summed E-state index contributed by atoms with van der Waals surface area (Å²) in [6, 6.07) is 17.7. The lowest BCUT2D eigenvalue weighted by molar-refractivity contribution is -0.138. The number of imide groups is 1. The van der Waals surface area contributed by atoms with Crippen molar-refractivity contribution in [3.8, 4) is 11.8 Å². The van der Waals surface area contributed by atoms with Gasteiger partial charge in [0.25, 0.3) is 5.91 Å². The third kappa shape index (κ3) is 7.94. The number of hydrogen-bond acceptors (Lipinski definition) is 10. The summed E-state index contributed by atoms with van der Waals surface area (Å²) in [5.41, 5.74) is -1.26. The van der Waals surface area contributed by atoms with Gasteiger partial charge in [0.2, 0.25) is 17.7 Å². The van der Waals surface area contributed by atoms with Gasteiger partial charge in [0.05, 0.1) is 41.6 Å². The number of carbonyl (C=O) groups is 4. The molecule has 4 amide bonds. The summed E-state index contributed by atoms with van der Waals surface area (Å²) < 4.78 is 68.2. The fourth-order valence-corrected chi connectivity index (χ4v) is 8.85.